The molecule has 0 spiro atoms. The molecule has 0 saturated carbocycles. The third-order valence-corrected chi connectivity index (χ3v) is 6.65. The Morgan fingerprint density at radius 2 is 1.97 bits per heavy atom. The summed E-state index contributed by atoms with van der Waals surface area (Å²) >= 11 is 6.52. The van der Waals surface area contributed by atoms with Gasteiger partial charge in [0.05, 0.1) is 11.7 Å². The largest absolute Gasteiger partial charge is 0.478 e. The second kappa shape index (κ2) is 10.1. The minimum atomic E-state index is -0.313. The average molecular weight is 499 g/mol. The summed E-state index contributed by atoms with van der Waals surface area (Å²) in [7, 11) is 5.09. The Kier molecular flexibility index (Phi) is 7.16. The van der Waals surface area contributed by atoms with Crippen LogP contribution in [0.5, 0.6) is 5.75 Å². The molecule has 35 heavy (non-hydrogen) atoms. The average Bonchev–Trinajstić information content (AvgIpc) is 2.84. The highest BCUT2D eigenvalue weighted by molar-refractivity contribution is 6.33. The van der Waals surface area contributed by atoms with E-state index in [0.717, 1.165) is 29.7 Å². The molecule has 1 amide bonds. The van der Waals surface area contributed by atoms with E-state index in [2.05, 4.69) is 29.0 Å². The Morgan fingerprint density at radius 1 is 1.26 bits per heavy atom. The normalized spacial score (nSPS) is 17.9. The van der Waals surface area contributed by atoms with Crippen LogP contribution in [0.2, 0.25) is 5.02 Å². The van der Waals surface area contributed by atoms with Crippen molar-refractivity contribution in [3.8, 4) is 5.75 Å². The van der Waals surface area contributed by atoms with Gasteiger partial charge in [-0.2, -0.15) is 4.98 Å². The molecule has 186 valence electrons. The van der Waals surface area contributed by atoms with Crippen LogP contribution in [0.4, 0.5) is 17.5 Å². The molecule has 0 aliphatic carbocycles. The van der Waals surface area contributed by atoms with Crippen molar-refractivity contribution in [3.63, 3.8) is 0 Å². The second-order valence-corrected chi connectivity index (χ2v) is 9.74. The van der Waals surface area contributed by atoms with Gasteiger partial charge in [0.1, 0.15) is 5.02 Å². The lowest BCUT2D eigenvalue weighted by Gasteiger charge is -2.35. The minimum absolute atomic E-state index is 0.110. The number of fused-ring (bicyclic) bond motifs is 1. The number of halogens is 1. The first-order chi connectivity index (χ1) is 16.7. The maximum atomic E-state index is 12.7. The van der Waals surface area contributed by atoms with Crippen molar-refractivity contribution in [2.24, 2.45) is 18.9 Å². The maximum absolute atomic E-state index is 12.7. The molecule has 2 aromatic heterocycles. The van der Waals surface area contributed by atoms with Gasteiger partial charge in [-0.05, 0) is 42.5 Å². The number of likely N-dealkylation sites (N-methyl/N-ethyl adjacent to an activating group) is 1. The van der Waals surface area contributed by atoms with Gasteiger partial charge in [0, 0.05) is 45.3 Å². The molecule has 1 N–H and O–H groups in total. The molecule has 0 unspecified atom stereocenters. The quantitative estimate of drug-likeness (QED) is 0.557. The van der Waals surface area contributed by atoms with E-state index >= 15 is 0 Å². The van der Waals surface area contributed by atoms with Crippen LogP contribution in [-0.4, -0.2) is 54.2 Å². The van der Waals surface area contributed by atoms with Gasteiger partial charge in [-0.1, -0.05) is 25.4 Å². The summed E-state index contributed by atoms with van der Waals surface area (Å²) < 4.78 is 6.98. The first-order valence-electron chi connectivity index (χ1n) is 11.7. The minimum Gasteiger partial charge on any atom is -0.478 e. The van der Waals surface area contributed by atoms with Crippen molar-refractivity contribution < 1.29 is 9.53 Å². The molecule has 0 radical (unpaired) electrons. The van der Waals surface area contributed by atoms with Crippen LogP contribution in [0.25, 0.3) is 10.9 Å². The van der Waals surface area contributed by atoms with Gasteiger partial charge in [-0.15, -0.1) is 0 Å². The molecule has 1 saturated heterocycles. The number of carbonyl (C=O) groups excluding carboxylic acids is 1. The third kappa shape index (κ3) is 5.19. The second-order valence-electron chi connectivity index (χ2n) is 9.33. The van der Waals surface area contributed by atoms with Crippen LogP contribution in [0, 0.1) is 11.8 Å². The summed E-state index contributed by atoms with van der Waals surface area (Å²) in [5.74, 6) is 2.22. The molecule has 0 bridgehead atoms. The molecule has 10 heteroatoms. The summed E-state index contributed by atoms with van der Waals surface area (Å²) in [6.07, 6.45) is 2.85. The molecule has 1 aromatic carbocycles. The molecule has 9 nitrogen and oxygen atoms in total. The molecule has 3 aromatic rings. The number of hydrogen-bond donors (Lipinski definition) is 1. The van der Waals surface area contributed by atoms with Crippen molar-refractivity contribution in [1.82, 2.24) is 19.9 Å². The number of hydrogen-bond acceptors (Lipinski definition) is 7. The topological polar surface area (TPSA) is 92.6 Å². The first kappa shape index (κ1) is 24.8. The lowest BCUT2D eigenvalue weighted by atomic mass is 9.92. The van der Waals surface area contributed by atoms with Crippen LogP contribution in [0.1, 0.15) is 20.3 Å². The van der Waals surface area contributed by atoms with Crippen LogP contribution < -0.4 is 25.4 Å². The Hall–Kier alpha value is -3.33. The smallest absolute Gasteiger partial charge is 0.293 e. The number of benzene rings is 1. The summed E-state index contributed by atoms with van der Waals surface area (Å²) in [5, 5.41) is 3.71. The predicted octanol–water partition coefficient (Wildman–Crippen LogP) is 3.36. The first-order valence-corrected chi connectivity index (χ1v) is 12.0. The number of ether oxygens (including phenoxy) is 1. The predicted molar refractivity (Wildman–Crippen MR) is 139 cm³/mol. The zero-order valence-electron chi connectivity index (χ0n) is 20.7. The zero-order valence-corrected chi connectivity index (χ0v) is 21.5. The van der Waals surface area contributed by atoms with Gasteiger partial charge in [-0.25, -0.2) is 4.98 Å². The number of pyridine rings is 1. The molecule has 1 aliphatic heterocycles. The Balaban J connectivity index is 1.68. The van der Waals surface area contributed by atoms with Crippen LogP contribution in [0.15, 0.2) is 35.3 Å². The molecule has 2 atom stereocenters. The van der Waals surface area contributed by atoms with E-state index < -0.39 is 0 Å². The van der Waals surface area contributed by atoms with E-state index in [0.29, 0.717) is 28.6 Å². The number of carbonyl (C=O) groups is 1. The number of rotatable bonds is 6. The molecular weight excluding hydrogens is 468 g/mol. The SMILES string of the molecule is CNC(=O)COc1cc2cc(N(C)c3nc(N4C[C@H](C)C[C@H](C)C4)ncc3Cl)ccc2n(C)c1=O. The van der Waals surface area contributed by atoms with Crippen molar-refractivity contribution >= 4 is 45.9 Å². The van der Waals surface area contributed by atoms with Crippen molar-refractivity contribution in [3.05, 3.63) is 45.8 Å². The summed E-state index contributed by atoms with van der Waals surface area (Å²) in [6.45, 7) is 6.10. The molecule has 1 aliphatic rings. The van der Waals surface area contributed by atoms with E-state index in [9.17, 15) is 9.59 Å². The molecule has 4 rings (SSSR count). The van der Waals surface area contributed by atoms with Gasteiger partial charge >= 0.3 is 0 Å². The number of nitrogens with zero attached hydrogens (tertiary/aromatic N) is 5. The van der Waals surface area contributed by atoms with E-state index in [1.165, 1.54) is 18.0 Å². The van der Waals surface area contributed by atoms with Crippen molar-refractivity contribution in [2.45, 2.75) is 20.3 Å². The Bertz CT molecular complexity index is 1300. The fourth-order valence-electron chi connectivity index (χ4n) is 4.65. The highest BCUT2D eigenvalue weighted by Crippen LogP contribution is 2.33. The molecular formula is C25H31ClN6O3. The summed E-state index contributed by atoms with van der Waals surface area (Å²) in [5.41, 5.74) is 1.27. The number of anilines is 3. The number of nitrogens with one attached hydrogen (secondary N) is 1. The van der Waals surface area contributed by atoms with E-state index in [4.69, 9.17) is 21.3 Å². The summed E-state index contributed by atoms with van der Waals surface area (Å²) in [6, 6.07) is 7.37. The Morgan fingerprint density at radius 3 is 2.66 bits per heavy atom. The van der Waals surface area contributed by atoms with E-state index in [1.54, 1.807) is 19.3 Å². The van der Waals surface area contributed by atoms with Crippen molar-refractivity contribution in [1.29, 1.82) is 0 Å². The summed E-state index contributed by atoms with van der Waals surface area (Å²) in [4.78, 5) is 37.7. The highest BCUT2D eigenvalue weighted by Gasteiger charge is 2.25. The maximum Gasteiger partial charge on any atom is 0.293 e. The van der Waals surface area contributed by atoms with Gasteiger partial charge in [-0.3, -0.25) is 9.59 Å². The number of amides is 1. The molecule has 3 heterocycles. The lowest BCUT2D eigenvalue weighted by Crippen LogP contribution is -2.39. The van der Waals surface area contributed by atoms with Gasteiger partial charge in [0.25, 0.3) is 11.5 Å². The van der Waals surface area contributed by atoms with E-state index in [1.807, 2.05) is 30.1 Å². The van der Waals surface area contributed by atoms with E-state index in [-0.39, 0.29) is 23.8 Å². The van der Waals surface area contributed by atoms with Crippen LogP contribution >= 0.6 is 11.6 Å². The number of piperidine rings is 1. The van der Waals surface area contributed by atoms with Gasteiger partial charge in [0.15, 0.2) is 18.2 Å². The fourth-order valence-corrected chi connectivity index (χ4v) is 4.87. The van der Waals surface area contributed by atoms with Gasteiger partial charge < -0.3 is 24.4 Å². The fraction of sp³-hybridized carbons (Fsp3) is 0.440. The van der Waals surface area contributed by atoms with Gasteiger partial charge in [0.2, 0.25) is 5.95 Å². The number of aryl methyl sites for hydroxylation is 1. The highest BCUT2D eigenvalue weighted by atomic mass is 35.5. The van der Waals surface area contributed by atoms with Crippen molar-refractivity contribution in [2.75, 3.05) is 43.6 Å². The zero-order chi connectivity index (χ0) is 25.3. The van der Waals surface area contributed by atoms with Crippen LogP contribution in [0.3, 0.4) is 0 Å². The Labute approximate surface area is 209 Å². The lowest BCUT2D eigenvalue weighted by molar-refractivity contribution is -0.122. The van der Waals surface area contributed by atoms with Crippen LogP contribution in [-0.2, 0) is 11.8 Å². The molecule has 1 fully saturated rings. The third-order valence-electron chi connectivity index (χ3n) is 6.38. The standard InChI is InChI=1S/C25H31ClN6O3/c1-15-8-16(2)13-32(12-15)25-28-11-19(26)23(29-25)30(4)18-6-7-20-17(9-18)10-21(24(34)31(20)5)35-14-22(33)27-3/h6-7,9-11,15-16H,8,12-14H2,1-5H3,(H,27,33)/t15-,16+. The number of aromatic nitrogens is 3. The monoisotopic (exact) mass is 498 g/mol.